The molecule has 1 aromatic carbocycles. The molecular weight excluding hydrogens is 412 g/mol. The maximum absolute atomic E-state index is 12.5. The molecule has 0 spiro atoms. The zero-order valence-electron chi connectivity index (χ0n) is 15.7. The standard InChI is InChI=1S/C20H23BrN2O4/c1-4-23(19-10-8-16(21)13-22-19)20(25)6-5-11-27-17-9-7-15(14(2)24)12-18(17)26-3/h7-10,12-13H,4-6,11H2,1-3H3. The predicted octanol–water partition coefficient (Wildman–Crippen LogP) is 4.27. The van der Waals surface area contributed by atoms with Crippen LogP contribution in [0.2, 0.25) is 0 Å². The Kier molecular flexibility index (Phi) is 7.79. The maximum atomic E-state index is 12.5. The number of benzene rings is 1. The van der Waals surface area contributed by atoms with E-state index in [1.807, 2.05) is 19.1 Å². The summed E-state index contributed by atoms with van der Waals surface area (Å²) in [5.74, 6) is 1.65. The molecule has 0 atom stereocenters. The fourth-order valence-electron chi connectivity index (χ4n) is 2.54. The van der Waals surface area contributed by atoms with Crippen LogP contribution in [0.1, 0.15) is 37.0 Å². The summed E-state index contributed by atoms with van der Waals surface area (Å²) in [7, 11) is 1.53. The molecule has 0 N–H and O–H groups in total. The Morgan fingerprint density at radius 1 is 1.19 bits per heavy atom. The van der Waals surface area contributed by atoms with E-state index < -0.39 is 0 Å². The quantitative estimate of drug-likeness (QED) is 0.435. The van der Waals surface area contributed by atoms with Crippen molar-refractivity contribution >= 4 is 33.4 Å². The lowest BCUT2D eigenvalue weighted by Crippen LogP contribution is -2.31. The molecule has 0 aliphatic carbocycles. The van der Waals surface area contributed by atoms with Gasteiger partial charge in [0.15, 0.2) is 17.3 Å². The molecule has 2 rings (SSSR count). The highest BCUT2D eigenvalue weighted by Crippen LogP contribution is 2.28. The lowest BCUT2D eigenvalue weighted by atomic mass is 10.1. The number of Topliss-reactive ketones (excluding diaryl/α,β-unsaturated/α-hetero) is 1. The molecule has 1 aromatic heterocycles. The molecule has 0 aliphatic heterocycles. The van der Waals surface area contributed by atoms with Gasteiger partial charge in [0, 0.05) is 29.2 Å². The third-order valence-corrected chi connectivity index (χ3v) is 4.44. The number of nitrogens with zero attached hydrogens (tertiary/aromatic N) is 2. The molecule has 1 amide bonds. The van der Waals surface area contributed by atoms with E-state index in [4.69, 9.17) is 9.47 Å². The SMILES string of the molecule is CCN(C(=O)CCCOc1ccc(C(C)=O)cc1OC)c1ccc(Br)cn1. The van der Waals surface area contributed by atoms with Crippen LogP contribution in [-0.2, 0) is 4.79 Å². The van der Waals surface area contributed by atoms with E-state index in [0.29, 0.717) is 48.9 Å². The van der Waals surface area contributed by atoms with Crippen LogP contribution < -0.4 is 14.4 Å². The number of methoxy groups -OCH3 is 1. The van der Waals surface area contributed by atoms with Gasteiger partial charge in [-0.1, -0.05) is 0 Å². The van der Waals surface area contributed by atoms with E-state index in [2.05, 4.69) is 20.9 Å². The molecule has 7 heteroatoms. The highest BCUT2D eigenvalue weighted by Gasteiger charge is 2.15. The van der Waals surface area contributed by atoms with Crippen LogP contribution in [0.3, 0.4) is 0 Å². The van der Waals surface area contributed by atoms with Gasteiger partial charge in [-0.05, 0) is 66.5 Å². The summed E-state index contributed by atoms with van der Waals surface area (Å²) in [6.45, 7) is 4.34. The van der Waals surface area contributed by atoms with Crippen LogP contribution in [0, 0.1) is 0 Å². The first kappa shape index (κ1) is 20.9. The number of carbonyl (C=O) groups is 2. The number of rotatable bonds is 9. The van der Waals surface area contributed by atoms with E-state index in [1.165, 1.54) is 14.0 Å². The summed E-state index contributed by atoms with van der Waals surface area (Å²) in [5, 5.41) is 0. The average molecular weight is 435 g/mol. The van der Waals surface area contributed by atoms with Crippen molar-refractivity contribution in [3.05, 3.63) is 46.6 Å². The van der Waals surface area contributed by atoms with Gasteiger partial charge in [-0.15, -0.1) is 0 Å². The third kappa shape index (κ3) is 5.79. The monoisotopic (exact) mass is 434 g/mol. The van der Waals surface area contributed by atoms with Crippen molar-refractivity contribution in [3.63, 3.8) is 0 Å². The summed E-state index contributed by atoms with van der Waals surface area (Å²) in [6, 6.07) is 8.73. The number of hydrogen-bond donors (Lipinski definition) is 0. The highest BCUT2D eigenvalue weighted by molar-refractivity contribution is 9.10. The predicted molar refractivity (Wildman–Crippen MR) is 108 cm³/mol. The number of ketones is 1. The molecule has 6 nitrogen and oxygen atoms in total. The second-order valence-corrected chi connectivity index (χ2v) is 6.76. The van der Waals surface area contributed by atoms with Crippen molar-refractivity contribution in [1.29, 1.82) is 0 Å². The third-order valence-electron chi connectivity index (χ3n) is 3.97. The van der Waals surface area contributed by atoms with E-state index >= 15 is 0 Å². The van der Waals surface area contributed by atoms with Gasteiger partial charge >= 0.3 is 0 Å². The van der Waals surface area contributed by atoms with Gasteiger partial charge in [0.05, 0.1) is 13.7 Å². The second kappa shape index (κ2) is 10.1. The molecule has 27 heavy (non-hydrogen) atoms. The number of aromatic nitrogens is 1. The van der Waals surface area contributed by atoms with Gasteiger partial charge in [-0.3, -0.25) is 14.5 Å². The Hall–Kier alpha value is -2.41. The molecule has 1 heterocycles. The highest BCUT2D eigenvalue weighted by atomic mass is 79.9. The molecule has 0 fully saturated rings. The zero-order valence-corrected chi connectivity index (χ0v) is 17.3. The fourth-order valence-corrected chi connectivity index (χ4v) is 2.77. The summed E-state index contributed by atoms with van der Waals surface area (Å²) < 4.78 is 11.9. The van der Waals surface area contributed by atoms with E-state index in [9.17, 15) is 9.59 Å². The number of amides is 1. The smallest absolute Gasteiger partial charge is 0.228 e. The molecule has 2 aromatic rings. The van der Waals surface area contributed by atoms with Crippen molar-refractivity contribution < 1.29 is 19.1 Å². The summed E-state index contributed by atoms with van der Waals surface area (Å²) in [6.07, 6.45) is 2.58. The Morgan fingerprint density at radius 3 is 2.56 bits per heavy atom. The number of ether oxygens (including phenoxy) is 2. The van der Waals surface area contributed by atoms with Crippen LogP contribution in [-0.4, -0.2) is 36.9 Å². The molecule has 144 valence electrons. The maximum Gasteiger partial charge on any atom is 0.228 e. The molecule has 0 radical (unpaired) electrons. The molecule has 0 saturated carbocycles. The van der Waals surface area contributed by atoms with Crippen molar-refractivity contribution in [2.24, 2.45) is 0 Å². The van der Waals surface area contributed by atoms with Crippen LogP contribution in [0.25, 0.3) is 0 Å². The average Bonchev–Trinajstić information content (AvgIpc) is 2.67. The lowest BCUT2D eigenvalue weighted by Gasteiger charge is -2.20. The fraction of sp³-hybridized carbons (Fsp3) is 0.350. The minimum atomic E-state index is -0.0355. The van der Waals surface area contributed by atoms with E-state index in [-0.39, 0.29) is 11.7 Å². The van der Waals surface area contributed by atoms with Crippen LogP contribution in [0.15, 0.2) is 41.0 Å². The van der Waals surface area contributed by atoms with Crippen molar-refractivity contribution in [2.75, 3.05) is 25.2 Å². The Balaban J connectivity index is 1.89. The molecule has 0 bridgehead atoms. The first-order valence-electron chi connectivity index (χ1n) is 8.70. The molecular formula is C20H23BrN2O4. The van der Waals surface area contributed by atoms with Crippen LogP contribution >= 0.6 is 15.9 Å². The largest absolute Gasteiger partial charge is 0.493 e. The van der Waals surface area contributed by atoms with Crippen molar-refractivity contribution in [1.82, 2.24) is 4.98 Å². The van der Waals surface area contributed by atoms with Gasteiger partial charge in [0.1, 0.15) is 5.82 Å². The second-order valence-electron chi connectivity index (χ2n) is 5.85. The number of anilines is 1. The zero-order chi connectivity index (χ0) is 19.8. The van der Waals surface area contributed by atoms with E-state index in [1.54, 1.807) is 29.3 Å². The van der Waals surface area contributed by atoms with Crippen LogP contribution in [0.4, 0.5) is 5.82 Å². The number of hydrogen-bond acceptors (Lipinski definition) is 5. The Morgan fingerprint density at radius 2 is 1.96 bits per heavy atom. The number of halogens is 1. The van der Waals surface area contributed by atoms with Gasteiger partial charge < -0.3 is 9.47 Å². The number of carbonyl (C=O) groups excluding carboxylic acids is 2. The first-order valence-corrected chi connectivity index (χ1v) is 9.49. The Bertz CT molecular complexity index is 793. The normalized spacial score (nSPS) is 10.4. The van der Waals surface area contributed by atoms with Crippen molar-refractivity contribution in [2.45, 2.75) is 26.7 Å². The Labute approximate surface area is 167 Å². The lowest BCUT2D eigenvalue weighted by molar-refractivity contribution is -0.118. The van der Waals surface area contributed by atoms with Crippen LogP contribution in [0.5, 0.6) is 11.5 Å². The minimum absolute atomic E-state index is 0.00480. The molecule has 0 unspecified atom stereocenters. The van der Waals surface area contributed by atoms with Gasteiger partial charge in [-0.2, -0.15) is 0 Å². The number of pyridine rings is 1. The molecule has 0 saturated heterocycles. The first-order chi connectivity index (χ1) is 13.0. The van der Waals surface area contributed by atoms with Gasteiger partial charge in [-0.25, -0.2) is 4.98 Å². The van der Waals surface area contributed by atoms with Gasteiger partial charge in [0.25, 0.3) is 0 Å². The molecule has 0 aliphatic rings. The topological polar surface area (TPSA) is 68.7 Å². The summed E-state index contributed by atoms with van der Waals surface area (Å²) >= 11 is 3.34. The van der Waals surface area contributed by atoms with E-state index in [0.717, 1.165) is 4.47 Å². The summed E-state index contributed by atoms with van der Waals surface area (Å²) in [5.41, 5.74) is 0.565. The van der Waals surface area contributed by atoms with Gasteiger partial charge in [0.2, 0.25) is 5.91 Å². The summed E-state index contributed by atoms with van der Waals surface area (Å²) in [4.78, 5) is 29.8. The van der Waals surface area contributed by atoms with Crippen molar-refractivity contribution in [3.8, 4) is 11.5 Å². The minimum Gasteiger partial charge on any atom is -0.493 e.